The highest BCUT2D eigenvalue weighted by atomic mass is 79.9. The van der Waals surface area contributed by atoms with Crippen molar-refractivity contribution in [3.05, 3.63) is 34.9 Å². The summed E-state index contributed by atoms with van der Waals surface area (Å²) in [5.74, 6) is -0.387. The van der Waals surface area contributed by atoms with Gasteiger partial charge in [0.1, 0.15) is 11.2 Å². The average molecular weight is 526 g/mol. The molecule has 1 aromatic carbocycles. The molecule has 0 amide bonds. The van der Waals surface area contributed by atoms with Crippen molar-refractivity contribution >= 4 is 46.6 Å². The van der Waals surface area contributed by atoms with E-state index >= 15 is 0 Å². The van der Waals surface area contributed by atoms with Crippen LogP contribution < -0.4 is 0 Å². The lowest BCUT2D eigenvalue weighted by molar-refractivity contribution is -0.0403. The van der Waals surface area contributed by atoms with Crippen LogP contribution in [0.1, 0.15) is 13.8 Å². The number of hydrogen-bond acceptors (Lipinski definition) is 7. The maximum atomic E-state index is 13.4. The van der Waals surface area contributed by atoms with Gasteiger partial charge in [0.05, 0.1) is 15.5 Å². The van der Waals surface area contributed by atoms with Crippen LogP contribution >= 0.6 is 15.9 Å². The Bertz CT molecular complexity index is 1340. The van der Waals surface area contributed by atoms with Gasteiger partial charge in [-0.15, -0.1) is 0 Å². The van der Waals surface area contributed by atoms with Crippen LogP contribution in [0.25, 0.3) is 22.7 Å². The number of halogens is 4. The molecular formula is C17H15BrF3N3O4S2. The van der Waals surface area contributed by atoms with Gasteiger partial charge in [0, 0.05) is 17.2 Å². The van der Waals surface area contributed by atoms with Gasteiger partial charge in [0.15, 0.2) is 25.1 Å². The van der Waals surface area contributed by atoms with Crippen LogP contribution in [0.5, 0.6) is 0 Å². The van der Waals surface area contributed by atoms with Crippen molar-refractivity contribution in [2.45, 2.75) is 29.1 Å². The van der Waals surface area contributed by atoms with Gasteiger partial charge >= 0.3 is 5.51 Å². The second-order valence-corrected chi connectivity index (χ2v) is 11.4. The summed E-state index contributed by atoms with van der Waals surface area (Å²) in [4.78, 5) is 7.46. The molecule has 0 spiro atoms. The van der Waals surface area contributed by atoms with Gasteiger partial charge in [0.2, 0.25) is 5.89 Å². The summed E-state index contributed by atoms with van der Waals surface area (Å²) in [7, 11) is -8.39. The molecule has 1 unspecified atom stereocenters. The molecule has 162 valence electrons. The molecule has 0 fully saturated rings. The fourth-order valence-electron chi connectivity index (χ4n) is 2.62. The number of hydrogen-bond donors (Lipinski definition) is 0. The molecule has 0 aliphatic heterocycles. The molecule has 13 heteroatoms. The van der Waals surface area contributed by atoms with Gasteiger partial charge in [-0.05, 0) is 47.1 Å². The van der Waals surface area contributed by atoms with E-state index in [4.69, 9.17) is 4.42 Å². The molecule has 30 heavy (non-hydrogen) atoms. The normalized spacial score (nSPS) is 14.6. The fourth-order valence-corrected chi connectivity index (χ4v) is 5.60. The highest BCUT2D eigenvalue weighted by Crippen LogP contribution is 2.35. The Labute approximate surface area is 178 Å². The lowest BCUT2D eigenvalue weighted by Gasteiger charge is -2.13. The molecular weight excluding hydrogens is 511 g/mol. The van der Waals surface area contributed by atoms with Gasteiger partial charge in [0.25, 0.3) is 0 Å². The van der Waals surface area contributed by atoms with Crippen molar-refractivity contribution in [2.75, 3.05) is 12.3 Å². The molecule has 0 N–H and O–H groups in total. The van der Waals surface area contributed by atoms with Crippen LogP contribution in [0.4, 0.5) is 13.2 Å². The monoisotopic (exact) mass is 525 g/mol. The lowest BCUT2D eigenvalue weighted by Crippen LogP contribution is -2.23. The standard InChI is InChI=1S/C17H15BrF3N3O4S2/c1-3-23-30(27,17(19,20)21)11-5-6-13-12(8-11)24-16(28-13)15-14(29(25,26)4-2)7-10(18)9-22-15/h5-9H,3-4H2,1-2H3. The zero-order valence-electron chi connectivity index (χ0n) is 15.6. The molecule has 2 aromatic heterocycles. The second kappa shape index (κ2) is 7.93. The number of oxazole rings is 1. The predicted octanol–water partition coefficient (Wildman–Crippen LogP) is 4.81. The van der Waals surface area contributed by atoms with Crippen LogP contribution in [-0.4, -0.2) is 40.4 Å². The molecule has 2 heterocycles. The zero-order chi connectivity index (χ0) is 22.3. The van der Waals surface area contributed by atoms with Gasteiger partial charge in [-0.25, -0.2) is 27.0 Å². The summed E-state index contributed by atoms with van der Waals surface area (Å²) in [5, 5.41) is 0. The summed E-state index contributed by atoms with van der Waals surface area (Å²) in [6.07, 6.45) is 1.35. The maximum absolute atomic E-state index is 13.4. The molecule has 0 saturated heterocycles. The highest BCUT2D eigenvalue weighted by Gasteiger charge is 2.44. The van der Waals surface area contributed by atoms with E-state index in [1.165, 1.54) is 32.2 Å². The minimum atomic E-state index is -5.07. The van der Waals surface area contributed by atoms with Crippen LogP contribution in [0, 0.1) is 0 Å². The first-order chi connectivity index (χ1) is 13.9. The van der Waals surface area contributed by atoms with Crippen LogP contribution in [0.15, 0.2) is 53.5 Å². The Kier molecular flexibility index (Phi) is 6.00. The maximum Gasteiger partial charge on any atom is 0.483 e. The number of sulfone groups is 1. The Hall–Kier alpha value is -1.99. The van der Waals surface area contributed by atoms with Crippen molar-refractivity contribution < 1.29 is 30.2 Å². The largest absolute Gasteiger partial charge is 0.483 e. The number of nitrogens with zero attached hydrogens (tertiary/aromatic N) is 3. The third-order valence-electron chi connectivity index (χ3n) is 4.04. The first kappa shape index (κ1) is 22.7. The Balaban J connectivity index is 2.23. The van der Waals surface area contributed by atoms with E-state index in [0.717, 1.165) is 12.1 Å². The van der Waals surface area contributed by atoms with Gasteiger partial charge in [-0.3, -0.25) is 0 Å². The van der Waals surface area contributed by atoms with Crippen molar-refractivity contribution in [2.24, 2.45) is 4.36 Å². The SMILES string of the molecule is CCN=S(=O)(c1ccc2oc(-c3ncc(Br)cc3S(=O)(=O)CC)nc2c1)C(F)(F)F. The third kappa shape index (κ3) is 3.97. The fraction of sp³-hybridized carbons (Fsp3) is 0.294. The first-order valence-corrected chi connectivity index (χ1v) is 12.5. The van der Waals surface area contributed by atoms with E-state index in [1.54, 1.807) is 0 Å². The number of aromatic nitrogens is 2. The smallest absolute Gasteiger partial charge is 0.435 e. The molecule has 0 saturated carbocycles. The van der Waals surface area contributed by atoms with Crippen molar-refractivity contribution in [1.82, 2.24) is 9.97 Å². The number of benzene rings is 1. The molecule has 0 aliphatic carbocycles. The Morgan fingerprint density at radius 2 is 1.87 bits per heavy atom. The predicted molar refractivity (Wildman–Crippen MR) is 108 cm³/mol. The summed E-state index contributed by atoms with van der Waals surface area (Å²) >= 11 is 3.16. The molecule has 3 rings (SSSR count). The van der Waals surface area contributed by atoms with Crippen molar-refractivity contribution in [3.8, 4) is 11.6 Å². The van der Waals surface area contributed by atoms with E-state index in [1.807, 2.05) is 0 Å². The number of pyridine rings is 1. The lowest BCUT2D eigenvalue weighted by atomic mass is 10.3. The molecule has 0 bridgehead atoms. The molecule has 0 radical (unpaired) electrons. The van der Waals surface area contributed by atoms with E-state index < -0.39 is 30.0 Å². The average Bonchev–Trinajstić information content (AvgIpc) is 3.10. The topological polar surface area (TPSA) is 102 Å². The van der Waals surface area contributed by atoms with Crippen molar-refractivity contribution in [1.29, 1.82) is 0 Å². The number of fused-ring (bicyclic) bond motifs is 1. The van der Waals surface area contributed by atoms with Gasteiger partial charge < -0.3 is 4.42 Å². The van der Waals surface area contributed by atoms with Crippen LogP contribution in [0.3, 0.4) is 0 Å². The van der Waals surface area contributed by atoms with E-state index in [9.17, 15) is 25.8 Å². The number of alkyl halides is 3. The van der Waals surface area contributed by atoms with E-state index in [-0.39, 0.29) is 39.9 Å². The zero-order valence-corrected chi connectivity index (χ0v) is 18.8. The Morgan fingerprint density at radius 1 is 1.17 bits per heavy atom. The quantitative estimate of drug-likeness (QED) is 0.473. The van der Waals surface area contributed by atoms with Crippen molar-refractivity contribution in [3.63, 3.8) is 0 Å². The summed E-state index contributed by atoms with van der Waals surface area (Å²) in [5.41, 5.74) is -5.10. The second-order valence-electron chi connectivity index (χ2n) is 5.97. The summed E-state index contributed by atoms with van der Waals surface area (Å²) in [6, 6.07) is 4.51. The van der Waals surface area contributed by atoms with E-state index in [0.29, 0.717) is 4.47 Å². The molecule has 1 atom stereocenters. The van der Waals surface area contributed by atoms with Gasteiger partial charge in [-0.1, -0.05) is 6.92 Å². The molecule has 0 aliphatic rings. The number of rotatable bonds is 5. The summed E-state index contributed by atoms with van der Waals surface area (Å²) < 4.78 is 86.9. The molecule has 7 nitrogen and oxygen atoms in total. The van der Waals surface area contributed by atoms with E-state index in [2.05, 4.69) is 30.3 Å². The third-order valence-corrected chi connectivity index (χ3v) is 8.36. The minimum Gasteiger partial charge on any atom is -0.435 e. The van der Waals surface area contributed by atoms with Gasteiger partial charge in [-0.2, -0.15) is 13.2 Å². The highest BCUT2D eigenvalue weighted by molar-refractivity contribution is 9.10. The van der Waals surface area contributed by atoms with Crippen LogP contribution in [0.2, 0.25) is 0 Å². The summed E-state index contributed by atoms with van der Waals surface area (Å²) in [6.45, 7) is 2.53. The van der Waals surface area contributed by atoms with Crippen LogP contribution in [-0.2, 0) is 19.6 Å². The minimum absolute atomic E-state index is 0.0321. The Morgan fingerprint density at radius 3 is 2.47 bits per heavy atom. The first-order valence-electron chi connectivity index (χ1n) is 8.51. The molecule has 3 aromatic rings.